The minimum Gasteiger partial charge on any atom is -0.241 e. The van der Waals surface area contributed by atoms with E-state index in [9.17, 15) is 4.39 Å². The molecule has 0 aliphatic rings. The van der Waals surface area contributed by atoms with Crippen LogP contribution >= 0.6 is 11.6 Å². The number of azide groups is 1. The maximum Gasteiger partial charge on any atom is 0.141 e. The normalized spacial score (nSPS) is 9.17. The predicted octanol–water partition coefficient (Wildman–Crippen LogP) is 2.68. The first kappa shape index (κ1) is 8.77. The third kappa shape index (κ3) is 2.08. The van der Waals surface area contributed by atoms with Gasteiger partial charge in [0.05, 0.1) is 12.7 Å². The summed E-state index contributed by atoms with van der Waals surface area (Å²) in [5.74, 6) is -0.498. The molecule has 0 amide bonds. The molecule has 0 saturated carbocycles. The number of halogens is 2. The second-order valence-corrected chi connectivity index (χ2v) is 2.35. The molecule has 0 fully saturated rings. The van der Waals surface area contributed by atoms with Gasteiger partial charge in [-0.1, -0.05) is 16.7 Å². The van der Waals surface area contributed by atoms with Crippen molar-refractivity contribution in [3.05, 3.63) is 39.2 Å². The Hall–Kier alpha value is -1.32. The van der Waals surface area contributed by atoms with Gasteiger partial charge in [-0.05, 0) is 17.2 Å². The largest absolute Gasteiger partial charge is 0.241 e. The number of nitrogens with zero attached hydrogens (tertiary/aromatic N) is 4. The van der Waals surface area contributed by atoms with Gasteiger partial charge in [0.1, 0.15) is 11.0 Å². The van der Waals surface area contributed by atoms with Gasteiger partial charge >= 0.3 is 0 Å². The van der Waals surface area contributed by atoms with E-state index in [-0.39, 0.29) is 11.7 Å². The Bertz CT molecular complexity index is 334. The zero-order valence-corrected chi connectivity index (χ0v) is 6.66. The highest BCUT2D eigenvalue weighted by Gasteiger charge is 2.01. The number of pyridine rings is 1. The van der Waals surface area contributed by atoms with E-state index in [0.717, 1.165) is 6.20 Å². The molecule has 0 aromatic carbocycles. The molecule has 0 N–H and O–H groups in total. The van der Waals surface area contributed by atoms with E-state index in [0.29, 0.717) is 5.56 Å². The van der Waals surface area contributed by atoms with Crippen LogP contribution in [0.25, 0.3) is 10.4 Å². The summed E-state index contributed by atoms with van der Waals surface area (Å²) in [5, 5.41) is 3.39. The summed E-state index contributed by atoms with van der Waals surface area (Å²) in [4.78, 5) is 6.06. The molecule has 1 heterocycles. The van der Waals surface area contributed by atoms with Crippen molar-refractivity contribution in [2.45, 2.75) is 6.54 Å². The second kappa shape index (κ2) is 3.90. The van der Waals surface area contributed by atoms with Crippen LogP contribution in [0.15, 0.2) is 17.4 Å². The molecular formula is C6H4ClFN4. The lowest BCUT2D eigenvalue weighted by Gasteiger charge is -1.97. The lowest BCUT2D eigenvalue weighted by molar-refractivity contribution is 0.618. The molecule has 0 saturated heterocycles. The van der Waals surface area contributed by atoms with Crippen molar-refractivity contribution in [2.24, 2.45) is 5.11 Å². The van der Waals surface area contributed by atoms with E-state index in [1.807, 2.05) is 0 Å². The van der Waals surface area contributed by atoms with Gasteiger partial charge in [-0.2, -0.15) is 0 Å². The standard InChI is InChI=1S/C6H4ClFN4/c7-6-4(2-11-12-9)1-5(8)3-10-6/h1,3H,2H2. The summed E-state index contributed by atoms with van der Waals surface area (Å²) in [5.41, 5.74) is 8.37. The molecule has 12 heavy (non-hydrogen) atoms. The van der Waals surface area contributed by atoms with Gasteiger partial charge in [-0.3, -0.25) is 0 Å². The van der Waals surface area contributed by atoms with Crippen LogP contribution in [0.3, 0.4) is 0 Å². The molecule has 1 rings (SSSR count). The minimum absolute atomic E-state index is 0.0140. The highest BCUT2D eigenvalue weighted by Crippen LogP contribution is 2.14. The summed E-state index contributed by atoms with van der Waals surface area (Å²) in [6, 6.07) is 1.18. The van der Waals surface area contributed by atoms with E-state index in [1.165, 1.54) is 6.07 Å². The second-order valence-electron chi connectivity index (χ2n) is 1.99. The van der Waals surface area contributed by atoms with Crippen LogP contribution < -0.4 is 0 Å². The van der Waals surface area contributed by atoms with Gasteiger partial charge in [0, 0.05) is 4.91 Å². The lowest BCUT2D eigenvalue weighted by atomic mass is 10.3. The summed E-state index contributed by atoms with van der Waals surface area (Å²) in [6.07, 6.45) is 1.00. The fourth-order valence-electron chi connectivity index (χ4n) is 0.683. The Balaban J connectivity index is 2.96. The van der Waals surface area contributed by atoms with Crippen molar-refractivity contribution in [3.8, 4) is 0 Å². The van der Waals surface area contributed by atoms with Crippen LogP contribution in [0.1, 0.15) is 5.56 Å². The van der Waals surface area contributed by atoms with Crippen LogP contribution in [0.4, 0.5) is 4.39 Å². The van der Waals surface area contributed by atoms with Crippen molar-refractivity contribution in [2.75, 3.05) is 0 Å². The van der Waals surface area contributed by atoms with Crippen LogP contribution in [0, 0.1) is 5.82 Å². The number of rotatable bonds is 2. The smallest absolute Gasteiger partial charge is 0.141 e. The number of hydrogen-bond acceptors (Lipinski definition) is 2. The van der Waals surface area contributed by atoms with Crippen LogP contribution in [0.5, 0.6) is 0 Å². The first-order valence-corrected chi connectivity index (χ1v) is 3.42. The highest BCUT2D eigenvalue weighted by molar-refractivity contribution is 6.30. The van der Waals surface area contributed by atoms with Gasteiger partial charge in [-0.15, -0.1) is 0 Å². The minimum atomic E-state index is -0.498. The molecule has 0 atom stereocenters. The van der Waals surface area contributed by atoms with Gasteiger partial charge in [0.2, 0.25) is 0 Å². The SMILES string of the molecule is [N-]=[N+]=NCc1cc(F)cnc1Cl. The summed E-state index contributed by atoms with van der Waals surface area (Å²) >= 11 is 5.57. The average Bonchev–Trinajstić information content (AvgIpc) is 2.07. The maximum atomic E-state index is 12.5. The Kier molecular flexibility index (Phi) is 2.85. The van der Waals surface area contributed by atoms with Crippen molar-refractivity contribution >= 4 is 11.6 Å². The van der Waals surface area contributed by atoms with Crippen molar-refractivity contribution in [1.82, 2.24) is 4.98 Å². The van der Waals surface area contributed by atoms with Gasteiger partial charge < -0.3 is 0 Å². The van der Waals surface area contributed by atoms with Crippen LogP contribution in [-0.2, 0) is 6.54 Å². The van der Waals surface area contributed by atoms with Gasteiger partial charge in [-0.25, -0.2) is 9.37 Å². The molecule has 4 nitrogen and oxygen atoms in total. The fraction of sp³-hybridized carbons (Fsp3) is 0.167. The first-order chi connectivity index (χ1) is 5.74. The Morgan fingerprint density at radius 3 is 3.17 bits per heavy atom. The quantitative estimate of drug-likeness (QED) is 0.303. The molecule has 1 aromatic rings. The molecule has 0 aliphatic heterocycles. The number of hydrogen-bond donors (Lipinski definition) is 0. The van der Waals surface area contributed by atoms with Gasteiger partial charge in [0.15, 0.2) is 0 Å². The van der Waals surface area contributed by atoms with E-state index < -0.39 is 5.82 Å². The molecule has 0 spiro atoms. The van der Waals surface area contributed by atoms with Crippen LogP contribution in [-0.4, -0.2) is 4.98 Å². The zero-order chi connectivity index (χ0) is 8.97. The van der Waals surface area contributed by atoms with Crippen molar-refractivity contribution in [3.63, 3.8) is 0 Å². The molecule has 6 heteroatoms. The molecule has 0 bridgehead atoms. The monoisotopic (exact) mass is 186 g/mol. The third-order valence-electron chi connectivity index (χ3n) is 1.18. The maximum absolute atomic E-state index is 12.5. The van der Waals surface area contributed by atoms with E-state index >= 15 is 0 Å². The topological polar surface area (TPSA) is 61.7 Å². The van der Waals surface area contributed by atoms with E-state index in [1.54, 1.807) is 0 Å². The highest BCUT2D eigenvalue weighted by atomic mass is 35.5. The van der Waals surface area contributed by atoms with E-state index in [4.69, 9.17) is 17.1 Å². The Morgan fingerprint density at radius 2 is 2.50 bits per heavy atom. The molecule has 0 radical (unpaired) electrons. The fourth-order valence-corrected chi connectivity index (χ4v) is 0.846. The summed E-state index contributed by atoms with van der Waals surface area (Å²) < 4.78 is 12.5. The Morgan fingerprint density at radius 1 is 1.75 bits per heavy atom. The Labute approximate surface area is 72.6 Å². The summed E-state index contributed by atoms with van der Waals surface area (Å²) in [7, 11) is 0. The third-order valence-corrected chi connectivity index (χ3v) is 1.52. The molecule has 0 unspecified atom stereocenters. The van der Waals surface area contributed by atoms with E-state index in [2.05, 4.69) is 15.0 Å². The zero-order valence-electron chi connectivity index (χ0n) is 5.91. The molecule has 1 aromatic heterocycles. The van der Waals surface area contributed by atoms with Gasteiger partial charge in [0.25, 0.3) is 0 Å². The lowest BCUT2D eigenvalue weighted by Crippen LogP contribution is -1.88. The molecular weight excluding hydrogens is 183 g/mol. The summed E-state index contributed by atoms with van der Waals surface area (Å²) in [6.45, 7) is 0.0140. The van der Waals surface area contributed by atoms with Crippen LogP contribution in [0.2, 0.25) is 5.15 Å². The van der Waals surface area contributed by atoms with Crippen molar-refractivity contribution < 1.29 is 4.39 Å². The molecule has 62 valence electrons. The van der Waals surface area contributed by atoms with Crippen molar-refractivity contribution in [1.29, 1.82) is 0 Å². The average molecular weight is 187 g/mol. The number of aromatic nitrogens is 1. The molecule has 0 aliphatic carbocycles. The first-order valence-electron chi connectivity index (χ1n) is 3.05. The predicted molar refractivity (Wildman–Crippen MR) is 42.1 cm³/mol.